The molecule has 0 spiro atoms. The van der Waals surface area contributed by atoms with Gasteiger partial charge in [-0.25, -0.2) is 15.0 Å². The minimum absolute atomic E-state index is 0.402. The van der Waals surface area contributed by atoms with Crippen molar-refractivity contribution in [1.82, 2.24) is 29.7 Å². The van der Waals surface area contributed by atoms with Crippen molar-refractivity contribution in [1.29, 1.82) is 0 Å². The van der Waals surface area contributed by atoms with Gasteiger partial charge in [0.05, 0.1) is 23.5 Å². The Morgan fingerprint density at radius 3 is 2.51 bits per heavy atom. The highest BCUT2D eigenvalue weighted by molar-refractivity contribution is 7.09. The summed E-state index contributed by atoms with van der Waals surface area (Å²) in [5.41, 5.74) is 4.76. The average Bonchev–Trinajstić information content (AvgIpc) is 3.62. The van der Waals surface area contributed by atoms with E-state index in [2.05, 4.69) is 66.2 Å². The fourth-order valence-corrected chi connectivity index (χ4v) is 6.18. The first-order valence-corrected chi connectivity index (χ1v) is 14.4. The molecule has 8 nitrogen and oxygen atoms in total. The first-order valence-electron chi connectivity index (χ1n) is 13.2. The number of likely N-dealkylation sites (tertiary alicyclic amines) is 1. The van der Waals surface area contributed by atoms with E-state index in [1.54, 1.807) is 17.5 Å². The SMILES string of the molecule is CCN1CCC(Nc2c(Cl)cnc3nc(-c4ccc(N5CCN(Cc6nccs6)CC5)cc4)[nH]c23)CC1. The third-order valence-corrected chi connectivity index (χ3v) is 8.63. The molecule has 10 heteroatoms. The number of piperidine rings is 1. The number of nitrogens with zero attached hydrogens (tertiary/aromatic N) is 6. The fourth-order valence-electron chi connectivity index (χ4n) is 5.33. The Bertz CT molecular complexity index is 1310. The number of hydrogen-bond acceptors (Lipinski definition) is 8. The lowest BCUT2D eigenvalue weighted by atomic mass is 10.0. The topological polar surface area (TPSA) is 76.2 Å². The second-order valence-electron chi connectivity index (χ2n) is 9.85. The number of nitrogens with one attached hydrogen (secondary N) is 2. The molecule has 0 unspecified atom stereocenters. The first-order chi connectivity index (χ1) is 18.2. The van der Waals surface area contributed by atoms with Gasteiger partial charge in [-0.1, -0.05) is 18.5 Å². The molecule has 0 atom stereocenters. The Balaban J connectivity index is 1.13. The van der Waals surface area contributed by atoms with Gasteiger partial charge in [0.15, 0.2) is 5.65 Å². The van der Waals surface area contributed by atoms with Crippen LogP contribution in [-0.2, 0) is 6.54 Å². The van der Waals surface area contributed by atoms with Gasteiger partial charge in [0.2, 0.25) is 0 Å². The van der Waals surface area contributed by atoms with E-state index in [4.69, 9.17) is 16.6 Å². The second-order valence-corrected chi connectivity index (χ2v) is 11.2. The highest BCUT2D eigenvalue weighted by Crippen LogP contribution is 2.32. The van der Waals surface area contributed by atoms with E-state index in [1.165, 1.54) is 10.7 Å². The van der Waals surface area contributed by atoms with Gasteiger partial charge in [-0.05, 0) is 43.7 Å². The monoisotopic (exact) mass is 536 g/mol. The van der Waals surface area contributed by atoms with Crippen LogP contribution >= 0.6 is 22.9 Å². The number of H-pyrrole nitrogens is 1. The first kappa shape index (κ1) is 24.6. The van der Waals surface area contributed by atoms with Gasteiger partial charge in [-0.2, -0.15) is 0 Å². The zero-order valence-electron chi connectivity index (χ0n) is 21.2. The van der Waals surface area contributed by atoms with Gasteiger partial charge in [0, 0.05) is 68.1 Å². The predicted molar refractivity (Wildman–Crippen MR) is 153 cm³/mol. The zero-order valence-corrected chi connectivity index (χ0v) is 22.7. The summed E-state index contributed by atoms with van der Waals surface area (Å²) in [6, 6.07) is 9.08. The van der Waals surface area contributed by atoms with Crippen LogP contribution in [0.5, 0.6) is 0 Å². The van der Waals surface area contributed by atoms with Gasteiger partial charge >= 0.3 is 0 Å². The van der Waals surface area contributed by atoms with Crippen molar-refractivity contribution in [2.24, 2.45) is 0 Å². The maximum absolute atomic E-state index is 6.60. The molecule has 0 aliphatic carbocycles. The molecule has 6 rings (SSSR count). The third kappa shape index (κ3) is 5.45. The summed E-state index contributed by atoms with van der Waals surface area (Å²) >= 11 is 8.33. The molecule has 1 aromatic carbocycles. The van der Waals surface area contributed by atoms with Crippen LogP contribution in [0, 0.1) is 0 Å². The summed E-state index contributed by atoms with van der Waals surface area (Å²) in [6.45, 7) is 10.6. The lowest BCUT2D eigenvalue weighted by molar-refractivity contribution is 0.229. The van der Waals surface area contributed by atoms with Crippen LogP contribution in [-0.4, -0.2) is 81.6 Å². The van der Waals surface area contributed by atoms with Crippen LogP contribution in [0.1, 0.15) is 24.8 Å². The highest BCUT2D eigenvalue weighted by atomic mass is 35.5. The predicted octanol–water partition coefficient (Wildman–Crippen LogP) is 4.95. The number of imidazole rings is 1. The summed E-state index contributed by atoms with van der Waals surface area (Å²) < 4.78 is 0. The molecular formula is C27H33ClN8S. The standard InChI is InChI=1S/C27H33ClN8S/c1-2-34-10-7-20(8-11-34)31-24-22(28)17-30-27-25(24)32-26(33-27)19-3-5-21(6-4-19)36-14-12-35(13-15-36)18-23-29-9-16-37-23/h3-6,9,16-17,20H,2,7-8,10-15,18H2,1H3,(H2,30,31,32,33). The largest absolute Gasteiger partial charge is 0.379 e. The van der Waals surface area contributed by atoms with E-state index in [1.807, 2.05) is 11.6 Å². The second kappa shape index (κ2) is 10.9. The van der Waals surface area contributed by atoms with Gasteiger partial charge in [-0.3, -0.25) is 4.90 Å². The number of aromatic nitrogens is 4. The van der Waals surface area contributed by atoms with Gasteiger partial charge in [0.25, 0.3) is 0 Å². The summed E-state index contributed by atoms with van der Waals surface area (Å²) in [4.78, 5) is 24.6. The number of pyridine rings is 1. The Kier molecular flexibility index (Phi) is 7.28. The molecule has 194 valence electrons. The van der Waals surface area contributed by atoms with Crippen LogP contribution in [0.25, 0.3) is 22.6 Å². The third-order valence-electron chi connectivity index (χ3n) is 7.58. The number of aromatic amines is 1. The lowest BCUT2D eigenvalue weighted by Crippen LogP contribution is -2.45. The fraction of sp³-hybridized carbons (Fsp3) is 0.444. The van der Waals surface area contributed by atoms with E-state index in [0.29, 0.717) is 16.7 Å². The Morgan fingerprint density at radius 1 is 1.03 bits per heavy atom. The summed E-state index contributed by atoms with van der Waals surface area (Å²) in [6.07, 6.45) is 5.80. The summed E-state index contributed by atoms with van der Waals surface area (Å²) in [7, 11) is 0. The Morgan fingerprint density at radius 2 is 1.81 bits per heavy atom. The molecule has 2 aliphatic rings. The number of anilines is 2. The van der Waals surface area contributed by atoms with Crippen molar-refractivity contribution >= 4 is 45.5 Å². The Labute approximate surface area is 226 Å². The highest BCUT2D eigenvalue weighted by Gasteiger charge is 2.22. The van der Waals surface area contributed by atoms with E-state index in [-0.39, 0.29) is 0 Å². The molecule has 2 aliphatic heterocycles. The van der Waals surface area contributed by atoms with Crippen molar-refractivity contribution < 1.29 is 0 Å². The van der Waals surface area contributed by atoms with Crippen LogP contribution < -0.4 is 10.2 Å². The molecule has 4 aromatic rings. The van der Waals surface area contributed by atoms with Gasteiger partial charge < -0.3 is 20.1 Å². The molecule has 2 N–H and O–H groups in total. The summed E-state index contributed by atoms with van der Waals surface area (Å²) in [5, 5.41) is 7.56. The van der Waals surface area contributed by atoms with Crippen LogP contribution in [0.3, 0.4) is 0 Å². The van der Waals surface area contributed by atoms with Crippen LogP contribution in [0.15, 0.2) is 42.0 Å². The molecule has 2 fully saturated rings. The number of fused-ring (bicyclic) bond motifs is 1. The minimum atomic E-state index is 0.402. The smallest absolute Gasteiger partial charge is 0.180 e. The van der Waals surface area contributed by atoms with Crippen molar-refractivity contribution in [3.63, 3.8) is 0 Å². The molecule has 0 saturated carbocycles. The van der Waals surface area contributed by atoms with E-state index in [9.17, 15) is 0 Å². The van der Waals surface area contributed by atoms with Crippen molar-refractivity contribution in [3.8, 4) is 11.4 Å². The molecule has 37 heavy (non-hydrogen) atoms. The maximum atomic E-state index is 6.60. The molecule has 2 saturated heterocycles. The van der Waals surface area contributed by atoms with Crippen LogP contribution in [0.4, 0.5) is 11.4 Å². The van der Waals surface area contributed by atoms with E-state index in [0.717, 1.165) is 87.8 Å². The molecule has 0 radical (unpaired) electrons. The lowest BCUT2D eigenvalue weighted by Gasteiger charge is -2.35. The van der Waals surface area contributed by atoms with Gasteiger partial charge in [-0.15, -0.1) is 11.3 Å². The normalized spacial score (nSPS) is 18.1. The molecule has 3 aromatic heterocycles. The summed E-state index contributed by atoms with van der Waals surface area (Å²) in [5.74, 6) is 0.813. The number of rotatable bonds is 7. The molecule has 5 heterocycles. The molecule has 0 bridgehead atoms. The number of thiazole rings is 1. The number of hydrogen-bond donors (Lipinski definition) is 2. The zero-order chi connectivity index (χ0) is 25.2. The number of piperazine rings is 1. The van der Waals surface area contributed by atoms with Crippen molar-refractivity contribution in [3.05, 3.63) is 52.1 Å². The molecular weight excluding hydrogens is 504 g/mol. The van der Waals surface area contributed by atoms with Crippen LogP contribution in [0.2, 0.25) is 5.02 Å². The van der Waals surface area contributed by atoms with E-state index < -0.39 is 0 Å². The quantitative estimate of drug-likeness (QED) is 0.346. The van der Waals surface area contributed by atoms with Gasteiger partial charge in [0.1, 0.15) is 16.3 Å². The number of benzene rings is 1. The van der Waals surface area contributed by atoms with Crippen molar-refractivity contribution in [2.75, 3.05) is 56.0 Å². The Hall–Kier alpha value is -2.72. The molecule has 0 amide bonds. The number of halogens is 1. The minimum Gasteiger partial charge on any atom is -0.379 e. The maximum Gasteiger partial charge on any atom is 0.180 e. The average molecular weight is 537 g/mol. The van der Waals surface area contributed by atoms with Crippen molar-refractivity contribution in [2.45, 2.75) is 32.4 Å². The van der Waals surface area contributed by atoms with E-state index >= 15 is 0 Å².